The number of hydrogen-bond acceptors (Lipinski definition) is 5. The maximum atomic E-state index is 12.3. The summed E-state index contributed by atoms with van der Waals surface area (Å²) in [5, 5.41) is 0.613. The molecule has 0 spiro atoms. The molecule has 0 aliphatic rings. The van der Waals surface area contributed by atoms with E-state index in [4.69, 9.17) is 9.47 Å². The molecule has 0 atom stereocenters. The van der Waals surface area contributed by atoms with Crippen LogP contribution in [0.4, 0.5) is 9.59 Å². The van der Waals surface area contributed by atoms with Crippen LogP contribution in [0.25, 0.3) is 0 Å². The van der Waals surface area contributed by atoms with Crippen molar-refractivity contribution in [3.05, 3.63) is 0 Å². The second kappa shape index (κ2) is 13.5. The van der Waals surface area contributed by atoms with Crippen LogP contribution in [0.5, 0.6) is 0 Å². The first-order valence-corrected chi connectivity index (χ1v) is 9.28. The Morgan fingerprint density at radius 3 is 1.88 bits per heavy atom. The van der Waals surface area contributed by atoms with Crippen molar-refractivity contribution in [3.8, 4) is 0 Å². The van der Waals surface area contributed by atoms with Crippen LogP contribution >= 0.6 is 0 Å². The van der Waals surface area contributed by atoms with E-state index in [1.54, 1.807) is 27.7 Å². The monoisotopic (exact) mass is 358 g/mol. The molecule has 0 fully saturated rings. The number of ether oxygens (including phenoxy) is 2. The SMILES string of the molecule is CCCCCCCCCC(=O)N(NC(=O)OC(C)C)C(=O)OC(C)C. The van der Waals surface area contributed by atoms with Gasteiger partial charge in [0.05, 0.1) is 12.2 Å². The molecule has 0 unspecified atom stereocenters. The zero-order chi connectivity index (χ0) is 19.2. The number of nitrogens with one attached hydrogen (secondary N) is 1. The Hall–Kier alpha value is -1.79. The van der Waals surface area contributed by atoms with E-state index in [9.17, 15) is 14.4 Å². The molecule has 1 N–H and O–H groups in total. The van der Waals surface area contributed by atoms with E-state index in [1.165, 1.54) is 19.3 Å². The van der Waals surface area contributed by atoms with E-state index in [1.807, 2.05) is 0 Å². The molecule has 0 aromatic heterocycles. The third-order valence-electron chi connectivity index (χ3n) is 3.31. The number of nitrogens with zero attached hydrogens (tertiary/aromatic N) is 1. The molecule has 7 heteroatoms. The van der Waals surface area contributed by atoms with Gasteiger partial charge in [-0.1, -0.05) is 45.4 Å². The second-order valence-corrected chi connectivity index (χ2v) is 6.60. The lowest BCUT2D eigenvalue weighted by atomic mass is 10.1. The van der Waals surface area contributed by atoms with E-state index < -0.39 is 24.2 Å². The summed E-state index contributed by atoms with van der Waals surface area (Å²) in [6.07, 6.45) is 5.09. The first kappa shape index (κ1) is 23.2. The average Bonchev–Trinajstić information content (AvgIpc) is 2.50. The molecule has 0 radical (unpaired) electrons. The quantitative estimate of drug-likeness (QED) is 0.457. The van der Waals surface area contributed by atoms with Crippen LogP contribution in [0.2, 0.25) is 0 Å². The van der Waals surface area contributed by atoms with E-state index in [0.29, 0.717) is 11.4 Å². The number of carbonyl (C=O) groups excluding carboxylic acids is 3. The lowest BCUT2D eigenvalue weighted by molar-refractivity contribution is -0.132. The minimum Gasteiger partial charge on any atom is -0.446 e. The molecule has 0 aliphatic heterocycles. The minimum absolute atomic E-state index is 0.170. The third kappa shape index (κ3) is 12.3. The highest BCUT2D eigenvalue weighted by molar-refractivity contribution is 5.93. The predicted octanol–water partition coefficient (Wildman–Crippen LogP) is 4.55. The minimum atomic E-state index is -0.899. The lowest BCUT2D eigenvalue weighted by Gasteiger charge is -2.22. The summed E-state index contributed by atoms with van der Waals surface area (Å²) in [6, 6.07) is 0. The maximum Gasteiger partial charge on any atom is 0.436 e. The van der Waals surface area contributed by atoms with Gasteiger partial charge in [-0.3, -0.25) is 4.79 Å². The van der Waals surface area contributed by atoms with Crippen molar-refractivity contribution in [1.82, 2.24) is 10.4 Å². The molecule has 146 valence electrons. The first-order valence-electron chi connectivity index (χ1n) is 9.28. The van der Waals surface area contributed by atoms with Gasteiger partial charge in [0.15, 0.2) is 0 Å². The third-order valence-corrected chi connectivity index (χ3v) is 3.31. The topological polar surface area (TPSA) is 84.9 Å². The molecule has 0 heterocycles. The molecule has 0 aromatic rings. The Morgan fingerprint density at radius 1 is 0.840 bits per heavy atom. The van der Waals surface area contributed by atoms with Gasteiger partial charge in [-0.15, -0.1) is 5.01 Å². The van der Waals surface area contributed by atoms with Crippen LogP contribution in [0.1, 0.15) is 86.0 Å². The number of hydrazine groups is 1. The fraction of sp³-hybridized carbons (Fsp3) is 0.833. The zero-order valence-corrected chi connectivity index (χ0v) is 16.3. The van der Waals surface area contributed by atoms with Crippen molar-refractivity contribution in [3.63, 3.8) is 0 Å². The Labute approximate surface area is 151 Å². The fourth-order valence-corrected chi connectivity index (χ4v) is 2.14. The normalized spacial score (nSPS) is 10.7. The Balaban J connectivity index is 4.45. The highest BCUT2D eigenvalue weighted by atomic mass is 16.6. The number of carbonyl (C=O) groups is 3. The van der Waals surface area contributed by atoms with Crippen molar-refractivity contribution >= 4 is 18.1 Å². The molecule has 3 amide bonds. The van der Waals surface area contributed by atoms with E-state index in [2.05, 4.69) is 12.3 Å². The maximum absolute atomic E-state index is 12.3. The number of imide groups is 1. The lowest BCUT2D eigenvalue weighted by Crippen LogP contribution is -2.51. The van der Waals surface area contributed by atoms with Gasteiger partial charge in [0, 0.05) is 6.42 Å². The van der Waals surface area contributed by atoms with Crippen molar-refractivity contribution < 1.29 is 23.9 Å². The Morgan fingerprint density at radius 2 is 1.36 bits per heavy atom. The van der Waals surface area contributed by atoms with Crippen LogP contribution in [0, 0.1) is 0 Å². The second-order valence-electron chi connectivity index (χ2n) is 6.60. The van der Waals surface area contributed by atoms with Crippen LogP contribution in [-0.2, 0) is 14.3 Å². The Kier molecular flexibility index (Phi) is 12.5. The summed E-state index contributed by atoms with van der Waals surface area (Å²) in [6.45, 7) is 8.86. The number of rotatable bonds is 10. The highest BCUT2D eigenvalue weighted by Crippen LogP contribution is 2.10. The zero-order valence-electron chi connectivity index (χ0n) is 16.3. The van der Waals surface area contributed by atoms with Crippen molar-refractivity contribution in [2.45, 2.75) is 98.2 Å². The van der Waals surface area contributed by atoms with Gasteiger partial charge in [0.1, 0.15) is 0 Å². The molecule has 7 nitrogen and oxygen atoms in total. The van der Waals surface area contributed by atoms with Gasteiger partial charge >= 0.3 is 12.2 Å². The van der Waals surface area contributed by atoms with Gasteiger partial charge in [-0.05, 0) is 34.1 Å². The van der Waals surface area contributed by atoms with Crippen molar-refractivity contribution in [2.24, 2.45) is 0 Å². The van der Waals surface area contributed by atoms with Crippen LogP contribution < -0.4 is 5.43 Å². The van der Waals surface area contributed by atoms with Gasteiger partial charge in [-0.2, -0.15) is 0 Å². The van der Waals surface area contributed by atoms with E-state index in [0.717, 1.165) is 19.3 Å². The summed E-state index contributed by atoms with van der Waals surface area (Å²) in [7, 11) is 0. The molecule has 0 saturated carbocycles. The predicted molar refractivity (Wildman–Crippen MR) is 95.8 cm³/mol. The first-order chi connectivity index (χ1) is 11.8. The van der Waals surface area contributed by atoms with Crippen LogP contribution in [-0.4, -0.2) is 35.3 Å². The number of amides is 3. The van der Waals surface area contributed by atoms with Gasteiger partial charge in [0.2, 0.25) is 0 Å². The Bertz CT molecular complexity index is 410. The van der Waals surface area contributed by atoms with Crippen molar-refractivity contribution in [1.29, 1.82) is 0 Å². The molecule has 0 bridgehead atoms. The summed E-state index contributed by atoms with van der Waals surface area (Å²) in [5.74, 6) is -0.500. The molecule has 0 saturated heterocycles. The molecule has 0 aliphatic carbocycles. The average molecular weight is 358 g/mol. The molecular weight excluding hydrogens is 324 g/mol. The number of hydrogen-bond donors (Lipinski definition) is 1. The van der Waals surface area contributed by atoms with E-state index in [-0.39, 0.29) is 12.5 Å². The van der Waals surface area contributed by atoms with Gasteiger partial charge in [-0.25, -0.2) is 15.0 Å². The molecule has 0 rings (SSSR count). The summed E-state index contributed by atoms with van der Waals surface area (Å²) in [5.41, 5.74) is 2.17. The largest absolute Gasteiger partial charge is 0.446 e. The molecule has 25 heavy (non-hydrogen) atoms. The van der Waals surface area contributed by atoms with Crippen molar-refractivity contribution in [2.75, 3.05) is 0 Å². The highest BCUT2D eigenvalue weighted by Gasteiger charge is 2.26. The van der Waals surface area contributed by atoms with Gasteiger partial charge in [0.25, 0.3) is 5.91 Å². The number of unbranched alkanes of at least 4 members (excludes halogenated alkanes) is 6. The van der Waals surface area contributed by atoms with Crippen LogP contribution in [0.15, 0.2) is 0 Å². The smallest absolute Gasteiger partial charge is 0.436 e. The summed E-state index contributed by atoms with van der Waals surface area (Å²) >= 11 is 0. The molecule has 0 aromatic carbocycles. The van der Waals surface area contributed by atoms with Crippen LogP contribution in [0.3, 0.4) is 0 Å². The summed E-state index contributed by atoms with van der Waals surface area (Å²) < 4.78 is 9.92. The standard InChI is InChI=1S/C18H34N2O5/c1-6-7-8-9-10-11-12-13-16(21)20(18(23)25-15(4)5)19-17(22)24-14(2)3/h14-15H,6-13H2,1-5H3,(H,19,22). The molecular formula is C18H34N2O5. The van der Waals surface area contributed by atoms with Gasteiger partial charge < -0.3 is 9.47 Å². The summed E-state index contributed by atoms with van der Waals surface area (Å²) in [4.78, 5) is 36.0. The van der Waals surface area contributed by atoms with E-state index >= 15 is 0 Å². The fourth-order valence-electron chi connectivity index (χ4n) is 2.14.